The molecule has 4 heteroatoms. The average molecular weight is 297 g/mol. The maximum Gasteiger partial charge on any atom is 0.240 e. The van der Waals surface area contributed by atoms with Crippen molar-refractivity contribution in [2.45, 2.75) is 27.2 Å². The highest BCUT2D eigenvalue weighted by Gasteiger charge is 2.03. The van der Waals surface area contributed by atoms with Crippen LogP contribution in [0.3, 0.4) is 0 Å². The highest BCUT2D eigenvalue weighted by Crippen LogP contribution is 2.11. The van der Waals surface area contributed by atoms with Crippen molar-refractivity contribution in [3.05, 3.63) is 34.3 Å². The molecule has 0 aromatic heterocycles. The minimum absolute atomic E-state index is 0.0449. The first-order valence-electron chi connectivity index (χ1n) is 5.58. The molecule has 1 rings (SSSR count). The highest BCUT2D eigenvalue weighted by molar-refractivity contribution is 9.10. The molecular weight excluding hydrogens is 280 g/mol. The van der Waals surface area contributed by atoms with E-state index in [2.05, 4.69) is 26.5 Å². The van der Waals surface area contributed by atoms with Crippen molar-refractivity contribution in [1.29, 1.82) is 0 Å². The van der Waals surface area contributed by atoms with Gasteiger partial charge in [0.2, 0.25) is 5.91 Å². The zero-order valence-electron chi connectivity index (χ0n) is 10.3. The zero-order valence-corrected chi connectivity index (χ0v) is 11.9. The first-order valence-corrected chi connectivity index (χ1v) is 6.37. The summed E-state index contributed by atoms with van der Waals surface area (Å²) in [5, 5.41) is 4.08. The summed E-state index contributed by atoms with van der Waals surface area (Å²) in [6.45, 7) is 5.88. The third-order valence-corrected chi connectivity index (χ3v) is 2.73. The molecule has 0 aliphatic rings. The Bertz CT molecular complexity index is 410. The van der Waals surface area contributed by atoms with Gasteiger partial charge in [-0.1, -0.05) is 41.9 Å². The number of nitrogens with zero attached hydrogens (tertiary/aromatic N) is 1. The second-order valence-corrected chi connectivity index (χ2v) is 5.25. The molecule has 0 fully saturated rings. The summed E-state index contributed by atoms with van der Waals surface area (Å²) < 4.78 is 1.03. The van der Waals surface area contributed by atoms with E-state index in [9.17, 15) is 4.79 Å². The Labute approximate surface area is 110 Å². The Kier molecular flexibility index (Phi) is 5.35. The largest absolute Gasteiger partial charge is 0.273 e. The van der Waals surface area contributed by atoms with E-state index in [1.165, 1.54) is 0 Å². The maximum atomic E-state index is 11.4. The van der Waals surface area contributed by atoms with Gasteiger partial charge in [-0.25, -0.2) is 5.43 Å². The first-order chi connectivity index (χ1) is 7.99. The predicted molar refractivity (Wildman–Crippen MR) is 74.0 cm³/mol. The van der Waals surface area contributed by atoms with Gasteiger partial charge in [-0.3, -0.25) is 4.79 Å². The molecule has 0 radical (unpaired) electrons. The van der Waals surface area contributed by atoms with Crippen molar-refractivity contribution in [3.63, 3.8) is 0 Å². The van der Waals surface area contributed by atoms with Crippen LogP contribution in [-0.2, 0) is 4.79 Å². The lowest BCUT2D eigenvalue weighted by Crippen LogP contribution is -2.20. The van der Waals surface area contributed by atoms with Gasteiger partial charge in [0.05, 0.1) is 5.71 Å². The Morgan fingerprint density at radius 1 is 1.35 bits per heavy atom. The lowest BCUT2D eigenvalue weighted by atomic mass is 10.1. The molecule has 0 heterocycles. The Morgan fingerprint density at radius 3 is 2.47 bits per heavy atom. The molecule has 0 aliphatic carbocycles. The van der Waals surface area contributed by atoms with Crippen LogP contribution in [0.2, 0.25) is 0 Å². The smallest absolute Gasteiger partial charge is 0.240 e. The van der Waals surface area contributed by atoms with E-state index in [0.29, 0.717) is 12.3 Å². The molecule has 1 aromatic carbocycles. The van der Waals surface area contributed by atoms with E-state index in [4.69, 9.17) is 0 Å². The fourth-order valence-corrected chi connectivity index (χ4v) is 1.58. The monoisotopic (exact) mass is 296 g/mol. The van der Waals surface area contributed by atoms with Gasteiger partial charge in [-0.05, 0) is 30.5 Å². The summed E-state index contributed by atoms with van der Waals surface area (Å²) in [6, 6.07) is 7.81. The van der Waals surface area contributed by atoms with Crippen LogP contribution < -0.4 is 5.43 Å². The minimum atomic E-state index is -0.0449. The zero-order chi connectivity index (χ0) is 12.8. The number of nitrogens with one attached hydrogen (secondary N) is 1. The van der Waals surface area contributed by atoms with E-state index in [-0.39, 0.29) is 5.91 Å². The fourth-order valence-electron chi connectivity index (χ4n) is 1.32. The number of carbonyl (C=O) groups excluding carboxylic acids is 1. The van der Waals surface area contributed by atoms with Crippen LogP contribution in [-0.4, -0.2) is 11.6 Å². The number of rotatable bonds is 4. The molecule has 0 spiro atoms. The number of carbonyl (C=O) groups is 1. The third kappa shape index (κ3) is 5.13. The summed E-state index contributed by atoms with van der Waals surface area (Å²) in [7, 11) is 0. The normalized spacial score (nSPS) is 11.7. The van der Waals surface area contributed by atoms with Gasteiger partial charge in [-0.2, -0.15) is 5.10 Å². The van der Waals surface area contributed by atoms with E-state index < -0.39 is 0 Å². The molecule has 1 amide bonds. The topological polar surface area (TPSA) is 41.5 Å². The molecule has 0 saturated heterocycles. The number of amides is 1. The van der Waals surface area contributed by atoms with Crippen LogP contribution in [0.15, 0.2) is 33.8 Å². The van der Waals surface area contributed by atoms with Crippen LogP contribution in [0.5, 0.6) is 0 Å². The van der Waals surface area contributed by atoms with Gasteiger partial charge in [-0.15, -0.1) is 0 Å². The molecule has 92 valence electrons. The maximum absolute atomic E-state index is 11.4. The van der Waals surface area contributed by atoms with Crippen LogP contribution in [0.4, 0.5) is 0 Å². The molecule has 0 aliphatic heterocycles. The van der Waals surface area contributed by atoms with Crippen molar-refractivity contribution in [3.8, 4) is 0 Å². The molecule has 3 nitrogen and oxygen atoms in total. The molecule has 1 aromatic rings. The van der Waals surface area contributed by atoms with E-state index in [0.717, 1.165) is 15.7 Å². The molecule has 0 atom stereocenters. The average Bonchev–Trinajstić information content (AvgIpc) is 2.26. The van der Waals surface area contributed by atoms with Crippen LogP contribution in [0.25, 0.3) is 0 Å². The van der Waals surface area contributed by atoms with Crippen LogP contribution >= 0.6 is 15.9 Å². The van der Waals surface area contributed by atoms with E-state index in [1.807, 2.05) is 45.0 Å². The number of benzene rings is 1. The Balaban J connectivity index is 2.60. The summed E-state index contributed by atoms with van der Waals surface area (Å²) in [4.78, 5) is 11.4. The third-order valence-electron chi connectivity index (χ3n) is 2.20. The van der Waals surface area contributed by atoms with Crippen LogP contribution in [0, 0.1) is 5.92 Å². The number of hydrazone groups is 1. The van der Waals surface area contributed by atoms with Crippen molar-refractivity contribution in [2.24, 2.45) is 11.0 Å². The number of hydrogen-bond acceptors (Lipinski definition) is 2. The molecule has 0 unspecified atom stereocenters. The number of hydrogen-bond donors (Lipinski definition) is 1. The SMILES string of the molecule is C/C(=N/NC(=O)CC(C)C)c1ccc(Br)cc1. The molecule has 0 bridgehead atoms. The highest BCUT2D eigenvalue weighted by atomic mass is 79.9. The Hall–Kier alpha value is -1.16. The fraction of sp³-hybridized carbons (Fsp3) is 0.385. The number of halogens is 1. The second-order valence-electron chi connectivity index (χ2n) is 4.34. The predicted octanol–water partition coefficient (Wildman–Crippen LogP) is 3.34. The van der Waals surface area contributed by atoms with Gasteiger partial charge in [0, 0.05) is 10.9 Å². The molecular formula is C13H17BrN2O. The van der Waals surface area contributed by atoms with Gasteiger partial charge in [0.15, 0.2) is 0 Å². The molecule has 0 saturated carbocycles. The van der Waals surface area contributed by atoms with Gasteiger partial charge in [0.1, 0.15) is 0 Å². The summed E-state index contributed by atoms with van der Waals surface area (Å²) in [5.41, 5.74) is 4.36. The van der Waals surface area contributed by atoms with Gasteiger partial charge >= 0.3 is 0 Å². The van der Waals surface area contributed by atoms with Crippen molar-refractivity contribution in [2.75, 3.05) is 0 Å². The van der Waals surface area contributed by atoms with Gasteiger partial charge < -0.3 is 0 Å². The van der Waals surface area contributed by atoms with Gasteiger partial charge in [0.25, 0.3) is 0 Å². The summed E-state index contributed by atoms with van der Waals surface area (Å²) >= 11 is 3.37. The molecule has 1 N–H and O–H groups in total. The lowest BCUT2D eigenvalue weighted by molar-refractivity contribution is -0.121. The first kappa shape index (κ1) is 13.9. The summed E-state index contributed by atoms with van der Waals surface area (Å²) in [5.74, 6) is 0.301. The van der Waals surface area contributed by atoms with Crippen molar-refractivity contribution < 1.29 is 4.79 Å². The van der Waals surface area contributed by atoms with E-state index >= 15 is 0 Å². The lowest BCUT2D eigenvalue weighted by Gasteiger charge is -2.04. The molecule has 17 heavy (non-hydrogen) atoms. The minimum Gasteiger partial charge on any atom is -0.273 e. The van der Waals surface area contributed by atoms with Crippen LogP contribution in [0.1, 0.15) is 32.8 Å². The second kappa shape index (κ2) is 6.55. The Morgan fingerprint density at radius 2 is 1.94 bits per heavy atom. The van der Waals surface area contributed by atoms with Crippen molar-refractivity contribution in [1.82, 2.24) is 5.43 Å². The standard InChI is InChI=1S/C13H17BrN2O/c1-9(2)8-13(17)16-15-10(3)11-4-6-12(14)7-5-11/h4-7,9H,8H2,1-3H3,(H,16,17)/b15-10-. The summed E-state index contributed by atoms with van der Waals surface area (Å²) in [6.07, 6.45) is 0.497. The quantitative estimate of drug-likeness (QED) is 0.672. The van der Waals surface area contributed by atoms with Crippen molar-refractivity contribution >= 4 is 27.5 Å². The van der Waals surface area contributed by atoms with E-state index in [1.54, 1.807) is 0 Å².